The Morgan fingerprint density at radius 3 is 2.19 bits per heavy atom. The fourth-order valence-corrected chi connectivity index (χ4v) is 4.55. The van der Waals surface area contributed by atoms with Crippen LogP contribution in [-0.4, -0.2) is 109 Å². The van der Waals surface area contributed by atoms with Crippen LogP contribution in [0.2, 0.25) is 5.02 Å². The summed E-state index contributed by atoms with van der Waals surface area (Å²) in [6.07, 6.45) is 1.74. The van der Waals surface area contributed by atoms with Gasteiger partial charge in [0.25, 0.3) is 0 Å². The van der Waals surface area contributed by atoms with E-state index in [0.29, 0.717) is 53.1 Å². The van der Waals surface area contributed by atoms with Crippen LogP contribution in [0.4, 0.5) is 9.59 Å². The van der Waals surface area contributed by atoms with E-state index in [1.165, 1.54) is 14.2 Å². The molecule has 0 fully saturated rings. The third-order valence-corrected chi connectivity index (χ3v) is 6.95. The monoisotopic (exact) mass is 666 g/mol. The number of amidine groups is 1. The number of hydrogen-bond acceptors (Lipinski definition) is 9. The molecule has 1 unspecified atom stereocenters. The normalized spacial score (nSPS) is 13.0. The first-order chi connectivity index (χ1) is 22.6. The first-order valence-corrected chi connectivity index (χ1v) is 15.4. The summed E-state index contributed by atoms with van der Waals surface area (Å²) < 4.78 is 9.04. The zero-order valence-electron chi connectivity index (χ0n) is 26.9. The number of ether oxygens (including phenoxy) is 2. The van der Waals surface area contributed by atoms with E-state index < -0.39 is 12.2 Å². The Hall–Kier alpha value is -5.21. The highest BCUT2D eigenvalue weighted by Crippen LogP contribution is 2.17. The van der Waals surface area contributed by atoms with Crippen LogP contribution in [-0.2, 0) is 25.6 Å². The van der Waals surface area contributed by atoms with Crippen LogP contribution in [0.25, 0.3) is 0 Å². The number of methoxy groups -OCH3 is 2. The number of rotatable bonds is 12. The van der Waals surface area contributed by atoms with Crippen LogP contribution >= 0.6 is 11.6 Å². The Labute approximate surface area is 279 Å². The number of hydrogen-bond donors (Lipinski definition) is 4. The van der Waals surface area contributed by atoms with Gasteiger partial charge in [-0.15, -0.1) is 0 Å². The van der Waals surface area contributed by atoms with Gasteiger partial charge in [0.1, 0.15) is 36.5 Å². The molecular formula is C32H39ClN8O6. The second-order valence-electron chi connectivity index (χ2n) is 10.3. The van der Waals surface area contributed by atoms with Gasteiger partial charge in [-0.3, -0.25) is 14.6 Å². The van der Waals surface area contributed by atoms with Crippen molar-refractivity contribution in [3.05, 3.63) is 52.1 Å². The molecule has 4 N–H and O–H groups in total. The molecule has 0 spiro atoms. The summed E-state index contributed by atoms with van der Waals surface area (Å²) in [5, 5.41) is 8.49. The predicted molar refractivity (Wildman–Crippen MR) is 176 cm³/mol. The molecule has 1 atom stereocenters. The molecule has 47 heavy (non-hydrogen) atoms. The molecule has 1 aliphatic heterocycles. The van der Waals surface area contributed by atoms with Crippen molar-refractivity contribution in [2.24, 2.45) is 4.99 Å². The smallest absolute Gasteiger partial charge is 0.407 e. The van der Waals surface area contributed by atoms with E-state index in [1.807, 2.05) is 19.9 Å². The Kier molecular flexibility index (Phi) is 14.4. The molecule has 4 amide bonds. The summed E-state index contributed by atoms with van der Waals surface area (Å²) in [4.78, 5) is 62.8. The fraction of sp³-hybridized carbons (Fsp3) is 0.438. The maximum Gasteiger partial charge on any atom is 0.407 e. The lowest BCUT2D eigenvalue weighted by atomic mass is 10.1. The third kappa shape index (κ3) is 11.9. The maximum absolute atomic E-state index is 12.5. The van der Waals surface area contributed by atoms with Crippen molar-refractivity contribution < 1.29 is 28.7 Å². The lowest BCUT2D eigenvalue weighted by Crippen LogP contribution is -2.45. The zero-order valence-corrected chi connectivity index (χ0v) is 27.6. The maximum atomic E-state index is 12.5. The first kappa shape index (κ1) is 36.3. The van der Waals surface area contributed by atoms with Gasteiger partial charge in [-0.2, -0.15) is 0 Å². The number of alkyl carbamates (subject to hydrolysis) is 2. The second kappa shape index (κ2) is 18.7. The number of nitrogens with zero attached hydrogens (tertiary/aromatic N) is 4. The minimum absolute atomic E-state index is 0.161. The summed E-state index contributed by atoms with van der Waals surface area (Å²) in [6, 6.07) is 5.12. The summed E-state index contributed by atoms with van der Waals surface area (Å²) >= 11 is 6.50. The van der Waals surface area contributed by atoms with Crippen molar-refractivity contribution in [1.29, 1.82) is 0 Å². The molecule has 0 saturated heterocycles. The van der Waals surface area contributed by atoms with Gasteiger partial charge in [-0.25, -0.2) is 14.6 Å². The van der Waals surface area contributed by atoms with Crippen molar-refractivity contribution in [2.45, 2.75) is 39.3 Å². The zero-order chi connectivity index (χ0) is 34.2. The highest BCUT2D eigenvalue weighted by Gasteiger charge is 2.21. The van der Waals surface area contributed by atoms with Crippen molar-refractivity contribution in [3.8, 4) is 23.7 Å². The van der Waals surface area contributed by atoms with Gasteiger partial charge in [-0.1, -0.05) is 43.2 Å². The van der Waals surface area contributed by atoms with E-state index in [9.17, 15) is 19.2 Å². The number of aliphatic imine (C=N–C) groups is 1. The van der Waals surface area contributed by atoms with E-state index in [1.54, 1.807) is 28.1 Å². The molecule has 0 radical (unpaired) electrons. The number of imidazole rings is 1. The summed E-state index contributed by atoms with van der Waals surface area (Å²) in [5.41, 5.74) is 1.87. The lowest BCUT2D eigenvalue weighted by Gasteiger charge is -2.22. The van der Waals surface area contributed by atoms with E-state index in [4.69, 9.17) is 11.6 Å². The van der Waals surface area contributed by atoms with Gasteiger partial charge >= 0.3 is 12.2 Å². The minimum Gasteiger partial charge on any atom is -0.453 e. The largest absolute Gasteiger partial charge is 0.453 e. The topological polar surface area (TPSA) is 170 Å². The molecule has 1 aromatic carbocycles. The number of aromatic amines is 1. The number of benzene rings is 1. The molecular weight excluding hydrogens is 628 g/mol. The average molecular weight is 667 g/mol. The van der Waals surface area contributed by atoms with Crippen LogP contribution in [0, 0.1) is 23.7 Å². The van der Waals surface area contributed by atoms with E-state index >= 15 is 0 Å². The van der Waals surface area contributed by atoms with Gasteiger partial charge in [-0.05, 0) is 37.0 Å². The van der Waals surface area contributed by atoms with Crippen LogP contribution in [0.1, 0.15) is 49.3 Å². The second-order valence-corrected chi connectivity index (χ2v) is 10.7. The standard InChI is InChI=1S/C32H39ClN8O6/c1-5-13-40(29(42)18-36-31(44)46-3)20-27-34-16-24(38-27)11-8-22-7-9-23(26(33)15-22)10-12-25-17-35-28(39-25)21-41(14-6-2)30(43)19-37-32(45)47-4/h7,9,15,17,24H,5-6,13-14,16,18-21H2,1-4H3,(H,34,38)(H,35,39)(H,36,44)(H,37,45). The van der Waals surface area contributed by atoms with Crippen LogP contribution in [0.15, 0.2) is 29.4 Å². The van der Waals surface area contributed by atoms with Crippen molar-refractivity contribution in [2.75, 3.05) is 53.5 Å². The number of carbonyl (C=O) groups excluding carboxylic acids is 4. The van der Waals surface area contributed by atoms with Gasteiger partial charge in [0.05, 0.1) is 45.1 Å². The van der Waals surface area contributed by atoms with Crippen molar-refractivity contribution in [3.63, 3.8) is 0 Å². The molecule has 1 aromatic heterocycles. The lowest BCUT2D eigenvalue weighted by molar-refractivity contribution is -0.131. The van der Waals surface area contributed by atoms with Crippen LogP contribution < -0.4 is 16.0 Å². The molecule has 1 aliphatic rings. The van der Waals surface area contributed by atoms with Crippen molar-refractivity contribution in [1.82, 2.24) is 35.7 Å². The molecule has 15 heteroatoms. The van der Waals surface area contributed by atoms with Crippen LogP contribution in [0.5, 0.6) is 0 Å². The Morgan fingerprint density at radius 1 is 0.957 bits per heavy atom. The van der Waals surface area contributed by atoms with Gasteiger partial charge < -0.3 is 40.2 Å². The number of aromatic nitrogens is 2. The molecule has 3 rings (SSSR count). The molecule has 0 aliphatic carbocycles. The highest BCUT2D eigenvalue weighted by molar-refractivity contribution is 6.31. The Bertz CT molecular complexity index is 1580. The number of nitrogens with one attached hydrogen (secondary N) is 4. The molecule has 0 saturated carbocycles. The van der Waals surface area contributed by atoms with Crippen LogP contribution in [0.3, 0.4) is 0 Å². The number of halogens is 1. The number of H-pyrrole nitrogens is 1. The quantitative estimate of drug-likeness (QED) is 0.249. The Morgan fingerprint density at radius 2 is 1.60 bits per heavy atom. The highest BCUT2D eigenvalue weighted by atomic mass is 35.5. The van der Waals surface area contributed by atoms with Gasteiger partial charge in [0.2, 0.25) is 11.8 Å². The summed E-state index contributed by atoms with van der Waals surface area (Å²) in [5.74, 6) is 13.0. The minimum atomic E-state index is -0.673. The molecule has 2 aromatic rings. The molecule has 2 heterocycles. The fourth-order valence-electron chi connectivity index (χ4n) is 4.33. The van der Waals surface area contributed by atoms with Gasteiger partial charge in [0, 0.05) is 24.2 Å². The molecule has 0 bridgehead atoms. The molecule has 14 nitrogen and oxygen atoms in total. The number of amides is 4. The van der Waals surface area contributed by atoms with Gasteiger partial charge in [0.15, 0.2) is 0 Å². The third-order valence-electron chi connectivity index (χ3n) is 6.64. The summed E-state index contributed by atoms with van der Waals surface area (Å²) in [7, 11) is 2.47. The molecule has 250 valence electrons. The number of carbonyl (C=O) groups is 4. The van der Waals surface area contributed by atoms with Crippen molar-refractivity contribution >= 4 is 41.4 Å². The average Bonchev–Trinajstić information content (AvgIpc) is 3.72. The van der Waals surface area contributed by atoms with E-state index in [0.717, 1.165) is 12.8 Å². The van der Waals surface area contributed by atoms with E-state index in [2.05, 4.69) is 64.1 Å². The first-order valence-electron chi connectivity index (χ1n) is 15.0. The SMILES string of the molecule is CCCN(CC1=NCC(C#Cc2ccc(C#Cc3cnc(CN(CCC)C(=O)CNC(=O)OC)[nH]3)c(Cl)c2)N1)C(=O)CNC(=O)OC. The summed E-state index contributed by atoms with van der Waals surface area (Å²) in [6.45, 7) is 5.55. The Balaban J connectivity index is 1.55. The van der Waals surface area contributed by atoms with E-state index in [-0.39, 0.29) is 44.0 Å². The predicted octanol–water partition coefficient (Wildman–Crippen LogP) is 1.87.